The van der Waals surface area contributed by atoms with Crippen molar-refractivity contribution < 1.29 is 31.3 Å². The van der Waals surface area contributed by atoms with Gasteiger partial charge in [-0.3, -0.25) is 4.98 Å². The van der Waals surface area contributed by atoms with E-state index >= 15 is 0 Å². The number of hydrogen-bond donors (Lipinski definition) is 2. The first kappa shape index (κ1) is 36.0. The molecule has 6 aromatic rings. The van der Waals surface area contributed by atoms with E-state index in [1.165, 1.54) is 21.9 Å². The zero-order chi connectivity index (χ0) is 34.2. The van der Waals surface area contributed by atoms with Crippen LogP contribution in [0.5, 0.6) is 11.5 Å². The largest absolute Gasteiger partial charge is 0.515 e. The molecular formula is C44H44NO2PtSi-. The van der Waals surface area contributed by atoms with E-state index in [1.54, 1.807) is 12.1 Å². The van der Waals surface area contributed by atoms with E-state index in [9.17, 15) is 10.2 Å². The number of phenolic OH excluding ortho intramolecular Hbond substituents is 2. The molecule has 5 aromatic carbocycles. The van der Waals surface area contributed by atoms with E-state index in [0.717, 1.165) is 33.5 Å². The molecule has 6 rings (SSSR count). The van der Waals surface area contributed by atoms with Crippen LogP contribution in [0.3, 0.4) is 0 Å². The molecule has 0 spiro atoms. The Kier molecular flexibility index (Phi) is 10.8. The van der Waals surface area contributed by atoms with Crippen molar-refractivity contribution in [3.8, 4) is 67.4 Å². The average molecular weight is 842 g/mol. The molecule has 2 N–H and O–H groups in total. The van der Waals surface area contributed by atoms with Crippen LogP contribution in [0.4, 0.5) is 0 Å². The van der Waals surface area contributed by atoms with Crippen LogP contribution in [0.2, 0.25) is 19.6 Å². The summed E-state index contributed by atoms with van der Waals surface area (Å²) < 4.78 is 0. The van der Waals surface area contributed by atoms with Gasteiger partial charge in [0.05, 0.1) is 19.5 Å². The second-order valence-corrected chi connectivity index (χ2v) is 19.4. The van der Waals surface area contributed by atoms with Crippen molar-refractivity contribution in [2.75, 3.05) is 0 Å². The van der Waals surface area contributed by atoms with Gasteiger partial charge in [0, 0.05) is 32.3 Å². The summed E-state index contributed by atoms with van der Waals surface area (Å²) >= 11 is 0. The van der Waals surface area contributed by atoms with Gasteiger partial charge in [0.25, 0.3) is 0 Å². The summed E-state index contributed by atoms with van der Waals surface area (Å²) in [7, 11) is -1.41. The van der Waals surface area contributed by atoms with Crippen molar-refractivity contribution >= 4 is 13.3 Å². The first-order valence-electron chi connectivity index (χ1n) is 16.8. The normalized spacial score (nSPS) is 11.5. The van der Waals surface area contributed by atoms with Crippen LogP contribution in [-0.4, -0.2) is 23.3 Å². The van der Waals surface area contributed by atoms with Gasteiger partial charge in [0.1, 0.15) is 5.75 Å². The molecule has 1 heterocycles. The number of pyridine rings is 1. The second kappa shape index (κ2) is 14.7. The molecule has 0 radical (unpaired) electrons. The van der Waals surface area contributed by atoms with E-state index in [2.05, 4.69) is 108 Å². The molecular weight excluding hydrogens is 798 g/mol. The summed E-state index contributed by atoms with van der Waals surface area (Å²) in [5.41, 5.74) is 11.4. The molecule has 0 atom stereocenters. The van der Waals surface area contributed by atoms with Crippen LogP contribution in [0.15, 0.2) is 115 Å². The van der Waals surface area contributed by atoms with Crippen molar-refractivity contribution in [3.05, 3.63) is 132 Å². The summed E-state index contributed by atoms with van der Waals surface area (Å²) in [6.45, 7) is 16.0. The van der Waals surface area contributed by atoms with E-state index in [4.69, 9.17) is 4.98 Å². The van der Waals surface area contributed by atoms with Gasteiger partial charge in [-0.15, -0.1) is 29.8 Å². The van der Waals surface area contributed by atoms with Crippen molar-refractivity contribution in [3.63, 3.8) is 0 Å². The maximum Gasteiger partial charge on any atom is 0.124 e. The Balaban J connectivity index is 0.00000468. The summed E-state index contributed by atoms with van der Waals surface area (Å²) in [6.07, 6.45) is 0. The third-order valence-corrected chi connectivity index (χ3v) is 11.2. The van der Waals surface area contributed by atoms with Gasteiger partial charge in [-0.1, -0.05) is 131 Å². The third-order valence-electron chi connectivity index (χ3n) is 9.11. The van der Waals surface area contributed by atoms with Crippen LogP contribution in [-0.2, 0) is 21.1 Å². The second-order valence-electron chi connectivity index (χ2n) is 14.3. The minimum absolute atomic E-state index is 0. The molecule has 0 amide bonds. The Morgan fingerprint density at radius 1 is 0.551 bits per heavy atom. The van der Waals surface area contributed by atoms with Crippen molar-refractivity contribution in [1.82, 2.24) is 4.98 Å². The quantitative estimate of drug-likeness (QED) is 0.119. The number of aromatic nitrogens is 1. The van der Waals surface area contributed by atoms with E-state index < -0.39 is 8.07 Å². The maximum absolute atomic E-state index is 11.1. The standard InChI is InChI=1S/C44H44NO2Si.Pt/c1-28(2)36-15-11-16-37(29(3)4)44(36)34-26-40(45-41(27-34)38-14-8-9-17-42(38)46)33-13-10-12-32(24-33)39-25-31(20-23-43(39)47)30-18-21-35(22-19-30)48(5,6)7;/h8-23,25-29,46-47H,1-7H3;/q-1;. The van der Waals surface area contributed by atoms with Gasteiger partial charge in [-0.2, -0.15) is 0 Å². The third kappa shape index (κ3) is 7.67. The Morgan fingerprint density at radius 2 is 1.12 bits per heavy atom. The predicted octanol–water partition coefficient (Wildman–Crippen LogP) is 11.4. The smallest absolute Gasteiger partial charge is 0.124 e. The van der Waals surface area contributed by atoms with E-state index in [1.807, 2.05) is 48.5 Å². The van der Waals surface area contributed by atoms with Crippen LogP contribution in [0, 0.1) is 6.07 Å². The van der Waals surface area contributed by atoms with Gasteiger partial charge in [0.2, 0.25) is 0 Å². The Labute approximate surface area is 307 Å². The fourth-order valence-corrected chi connectivity index (χ4v) is 7.56. The molecule has 0 aliphatic carbocycles. The minimum Gasteiger partial charge on any atom is -0.515 e. The zero-order valence-corrected chi connectivity index (χ0v) is 32.6. The van der Waals surface area contributed by atoms with Gasteiger partial charge in [0.15, 0.2) is 0 Å². The molecule has 252 valence electrons. The van der Waals surface area contributed by atoms with Gasteiger partial charge in [-0.05, 0) is 75.0 Å². The molecule has 3 nitrogen and oxygen atoms in total. The van der Waals surface area contributed by atoms with E-state index in [-0.39, 0.29) is 32.6 Å². The molecule has 5 heteroatoms. The summed E-state index contributed by atoms with van der Waals surface area (Å²) in [5, 5.41) is 23.4. The number of nitrogens with zero attached hydrogens (tertiary/aromatic N) is 1. The van der Waals surface area contributed by atoms with Crippen molar-refractivity contribution in [2.45, 2.75) is 59.2 Å². The van der Waals surface area contributed by atoms with Crippen molar-refractivity contribution in [2.24, 2.45) is 0 Å². The van der Waals surface area contributed by atoms with Crippen LogP contribution in [0.1, 0.15) is 50.7 Å². The van der Waals surface area contributed by atoms with Gasteiger partial charge in [-0.25, -0.2) is 0 Å². The summed E-state index contributed by atoms with van der Waals surface area (Å²) in [5.74, 6) is 1.03. The fourth-order valence-electron chi connectivity index (χ4n) is 6.39. The molecule has 49 heavy (non-hydrogen) atoms. The molecule has 0 fully saturated rings. The molecule has 0 aliphatic heterocycles. The number of rotatable bonds is 8. The maximum atomic E-state index is 11.1. The first-order valence-corrected chi connectivity index (χ1v) is 20.3. The Bertz CT molecular complexity index is 2070. The monoisotopic (exact) mass is 841 g/mol. The van der Waals surface area contributed by atoms with Gasteiger partial charge >= 0.3 is 0 Å². The minimum atomic E-state index is -1.41. The van der Waals surface area contributed by atoms with Crippen LogP contribution < -0.4 is 5.19 Å². The average Bonchev–Trinajstić information content (AvgIpc) is 3.08. The molecule has 0 saturated heterocycles. The molecule has 0 saturated carbocycles. The van der Waals surface area contributed by atoms with Crippen molar-refractivity contribution in [1.29, 1.82) is 0 Å². The summed E-state index contributed by atoms with van der Waals surface area (Å²) in [4.78, 5) is 5.11. The first-order chi connectivity index (χ1) is 22.9. The number of para-hydroxylation sites is 1. The van der Waals surface area contributed by atoms with Crippen LogP contribution >= 0.6 is 0 Å². The number of hydrogen-bond acceptors (Lipinski definition) is 3. The van der Waals surface area contributed by atoms with Gasteiger partial charge < -0.3 is 10.2 Å². The fraction of sp³-hybridized carbons (Fsp3) is 0.205. The van der Waals surface area contributed by atoms with Crippen LogP contribution in [0.25, 0.3) is 55.9 Å². The number of benzene rings is 5. The Morgan fingerprint density at radius 3 is 1.76 bits per heavy atom. The SMILES string of the molecule is CC(C)c1cccc(C(C)C)c1-c1cc(-c2[c-]c(-c3cc(-c4ccc([Si](C)(C)C)cc4)ccc3O)ccc2)nc(-c2ccccc2O)c1.[Pt]. The summed E-state index contributed by atoms with van der Waals surface area (Å²) in [6, 6.07) is 42.4. The predicted molar refractivity (Wildman–Crippen MR) is 205 cm³/mol. The molecule has 0 aliphatic rings. The van der Waals surface area contributed by atoms with E-state index in [0.29, 0.717) is 28.7 Å². The molecule has 0 unspecified atom stereocenters. The Hall–Kier alpha value is -4.24. The molecule has 0 bridgehead atoms. The molecule has 1 aromatic heterocycles. The zero-order valence-electron chi connectivity index (χ0n) is 29.3. The number of aromatic hydroxyl groups is 2. The topological polar surface area (TPSA) is 53.4 Å². The number of phenols is 2.